The van der Waals surface area contributed by atoms with E-state index in [0.717, 1.165) is 32.2 Å². The van der Waals surface area contributed by atoms with Crippen LogP contribution in [0.15, 0.2) is 48.8 Å². The molecule has 1 aromatic carbocycles. The second-order valence-corrected chi connectivity index (χ2v) is 10.6. The van der Waals surface area contributed by atoms with Crippen molar-refractivity contribution in [3.05, 3.63) is 77.0 Å². The maximum Gasteiger partial charge on any atom is 0.416 e. The molecule has 2 N–H and O–H groups in total. The van der Waals surface area contributed by atoms with Crippen molar-refractivity contribution in [1.29, 1.82) is 0 Å². The number of carbonyl (C=O) groups excluding carboxylic acids is 2. The van der Waals surface area contributed by atoms with Crippen LogP contribution in [0.1, 0.15) is 40.1 Å². The Hall–Kier alpha value is -4.43. The fraction of sp³-hybridized carbons (Fsp3) is 0.345. The van der Waals surface area contributed by atoms with Crippen molar-refractivity contribution in [3.63, 3.8) is 0 Å². The van der Waals surface area contributed by atoms with Gasteiger partial charge in [0.15, 0.2) is 11.5 Å². The average Bonchev–Trinajstić information content (AvgIpc) is 3.35. The molecule has 1 atom stereocenters. The lowest BCUT2D eigenvalue weighted by Crippen LogP contribution is -2.47. The number of imidazole rings is 1. The van der Waals surface area contributed by atoms with E-state index < -0.39 is 29.5 Å². The van der Waals surface area contributed by atoms with Crippen molar-refractivity contribution in [2.75, 3.05) is 45.1 Å². The van der Waals surface area contributed by atoms with E-state index in [9.17, 15) is 27.2 Å². The summed E-state index contributed by atoms with van der Waals surface area (Å²) in [5.74, 6) is -1.32. The number of nitrogens with zero attached hydrogens (tertiary/aromatic N) is 6. The highest BCUT2D eigenvalue weighted by atomic mass is 19.4. The maximum atomic E-state index is 14.4. The van der Waals surface area contributed by atoms with Crippen molar-refractivity contribution >= 4 is 23.3 Å². The van der Waals surface area contributed by atoms with Crippen LogP contribution in [0.25, 0.3) is 16.9 Å². The zero-order chi connectivity index (χ0) is 30.9. The van der Waals surface area contributed by atoms with Crippen LogP contribution in [0.5, 0.6) is 0 Å². The van der Waals surface area contributed by atoms with E-state index in [1.54, 1.807) is 31.3 Å². The molecule has 0 aliphatic carbocycles. The van der Waals surface area contributed by atoms with E-state index in [4.69, 9.17) is 0 Å². The molecule has 0 radical (unpaired) electrons. The molecule has 1 unspecified atom stereocenters. The molecule has 0 bridgehead atoms. The van der Waals surface area contributed by atoms with Crippen LogP contribution in [-0.4, -0.2) is 81.0 Å². The average molecular weight is 599 g/mol. The molecule has 3 aromatic heterocycles. The van der Waals surface area contributed by atoms with Crippen molar-refractivity contribution in [2.24, 2.45) is 0 Å². The fourth-order valence-electron chi connectivity index (χ4n) is 4.79. The van der Waals surface area contributed by atoms with Gasteiger partial charge in [-0.25, -0.2) is 13.9 Å². The number of hydrogen-bond acceptors (Lipinski definition) is 7. The molecule has 4 aromatic rings. The van der Waals surface area contributed by atoms with Gasteiger partial charge < -0.3 is 15.5 Å². The summed E-state index contributed by atoms with van der Waals surface area (Å²) in [6, 6.07) is 5.97. The molecule has 14 heteroatoms. The predicted octanol–water partition coefficient (Wildman–Crippen LogP) is 3.93. The molecule has 1 saturated heterocycles. The minimum atomic E-state index is -4.65. The highest BCUT2D eigenvalue weighted by Gasteiger charge is 2.32. The number of anilines is 1. The molecular formula is C29H30F4N8O2. The van der Waals surface area contributed by atoms with E-state index in [1.807, 2.05) is 7.05 Å². The Bertz CT molecular complexity index is 1660. The Morgan fingerprint density at radius 2 is 1.81 bits per heavy atom. The number of benzene rings is 1. The molecule has 1 aliphatic heterocycles. The van der Waals surface area contributed by atoms with Gasteiger partial charge in [0.05, 0.1) is 41.3 Å². The van der Waals surface area contributed by atoms with Crippen LogP contribution in [0.4, 0.5) is 23.4 Å². The van der Waals surface area contributed by atoms with Gasteiger partial charge in [-0.3, -0.25) is 19.5 Å². The van der Waals surface area contributed by atoms with Crippen molar-refractivity contribution in [3.8, 4) is 11.3 Å². The number of piperazine rings is 1. The van der Waals surface area contributed by atoms with Gasteiger partial charge in [-0.05, 0) is 57.3 Å². The summed E-state index contributed by atoms with van der Waals surface area (Å²) >= 11 is 0. The summed E-state index contributed by atoms with van der Waals surface area (Å²) < 4.78 is 55.3. The Morgan fingerprint density at radius 1 is 1.07 bits per heavy atom. The number of halogens is 4. The molecule has 5 rings (SSSR count). The smallest absolute Gasteiger partial charge is 0.345 e. The third-order valence-corrected chi connectivity index (χ3v) is 7.32. The van der Waals surface area contributed by atoms with Gasteiger partial charge in [-0.15, -0.1) is 0 Å². The number of rotatable bonds is 7. The Kier molecular flexibility index (Phi) is 8.42. The molecule has 0 saturated carbocycles. The lowest BCUT2D eigenvalue weighted by molar-refractivity contribution is -0.137. The Morgan fingerprint density at radius 3 is 2.53 bits per heavy atom. The van der Waals surface area contributed by atoms with Crippen LogP contribution in [0.2, 0.25) is 0 Å². The monoisotopic (exact) mass is 598 g/mol. The minimum absolute atomic E-state index is 0.154. The number of nitrogens with one attached hydrogen (secondary N) is 2. The van der Waals surface area contributed by atoms with E-state index in [-0.39, 0.29) is 23.6 Å². The SMILES string of the molecule is Cc1ncc(-c2ccc3nc(NC(=O)CN4CCN(C)CC4)cn3n2)cc1C(=O)NC(C)c1cc(C(F)(F)F)ccc1F. The number of hydrogen-bond donors (Lipinski definition) is 2. The van der Waals surface area contributed by atoms with E-state index in [2.05, 4.69) is 35.5 Å². The van der Waals surface area contributed by atoms with Crippen LogP contribution in [-0.2, 0) is 11.0 Å². The van der Waals surface area contributed by atoms with Crippen LogP contribution < -0.4 is 10.6 Å². The molecule has 10 nitrogen and oxygen atoms in total. The van der Waals surface area contributed by atoms with Gasteiger partial charge in [-0.1, -0.05) is 0 Å². The number of likely N-dealkylation sites (N-methyl/N-ethyl adjacent to an activating group) is 1. The lowest BCUT2D eigenvalue weighted by atomic mass is 10.0. The first-order valence-electron chi connectivity index (χ1n) is 13.6. The van der Waals surface area contributed by atoms with Gasteiger partial charge in [-0.2, -0.15) is 18.3 Å². The topological polar surface area (TPSA) is 108 Å². The zero-order valence-corrected chi connectivity index (χ0v) is 23.7. The molecule has 0 spiro atoms. The van der Waals surface area contributed by atoms with Gasteiger partial charge >= 0.3 is 6.18 Å². The number of carbonyl (C=O) groups is 2. The number of pyridine rings is 1. The van der Waals surface area contributed by atoms with Gasteiger partial charge in [0, 0.05) is 43.5 Å². The van der Waals surface area contributed by atoms with Gasteiger partial charge in [0.2, 0.25) is 5.91 Å². The number of amides is 2. The van der Waals surface area contributed by atoms with Crippen molar-refractivity contribution < 1.29 is 27.2 Å². The summed E-state index contributed by atoms with van der Waals surface area (Å²) in [5, 5.41) is 9.91. The first-order chi connectivity index (χ1) is 20.4. The summed E-state index contributed by atoms with van der Waals surface area (Å²) in [6.45, 7) is 6.70. The third kappa shape index (κ3) is 6.97. The summed E-state index contributed by atoms with van der Waals surface area (Å²) in [5.41, 5.74) is 0.664. The van der Waals surface area contributed by atoms with Crippen LogP contribution >= 0.6 is 0 Å². The number of fused-ring (bicyclic) bond motifs is 1. The molecule has 2 amide bonds. The highest BCUT2D eigenvalue weighted by molar-refractivity contribution is 5.96. The van der Waals surface area contributed by atoms with Crippen molar-refractivity contribution in [1.82, 2.24) is 34.7 Å². The zero-order valence-electron chi connectivity index (χ0n) is 23.7. The normalized spacial score (nSPS) is 15.4. The summed E-state index contributed by atoms with van der Waals surface area (Å²) in [4.78, 5) is 38.7. The van der Waals surface area contributed by atoms with E-state index in [0.29, 0.717) is 40.5 Å². The van der Waals surface area contributed by atoms with Gasteiger partial charge in [0.25, 0.3) is 5.91 Å². The lowest BCUT2D eigenvalue weighted by Gasteiger charge is -2.31. The minimum Gasteiger partial charge on any atom is -0.345 e. The highest BCUT2D eigenvalue weighted by Crippen LogP contribution is 2.32. The second kappa shape index (κ2) is 12.1. The molecule has 43 heavy (non-hydrogen) atoms. The van der Waals surface area contributed by atoms with E-state index >= 15 is 0 Å². The standard InChI is InChI=1S/C29H30F4N8O2/c1-17-22(28(43)35-18(2)21-13-20(29(31,32)33)4-5-23(21)30)12-19(14-34-17)24-6-7-26-36-25(15-41(26)38-24)37-27(42)16-40-10-8-39(3)9-11-40/h4-7,12-15,18H,8-11,16H2,1-3H3,(H,35,43)(H,37,42). The summed E-state index contributed by atoms with van der Waals surface area (Å²) in [7, 11) is 2.05. The number of aromatic nitrogens is 4. The Balaban J connectivity index is 1.30. The van der Waals surface area contributed by atoms with E-state index in [1.165, 1.54) is 17.6 Å². The largest absolute Gasteiger partial charge is 0.416 e. The van der Waals surface area contributed by atoms with Gasteiger partial charge in [0.1, 0.15) is 5.82 Å². The molecule has 226 valence electrons. The molecule has 4 heterocycles. The predicted molar refractivity (Wildman–Crippen MR) is 151 cm³/mol. The van der Waals surface area contributed by atoms with Crippen molar-refractivity contribution in [2.45, 2.75) is 26.1 Å². The maximum absolute atomic E-state index is 14.4. The first-order valence-corrected chi connectivity index (χ1v) is 13.6. The molecular weight excluding hydrogens is 568 g/mol. The third-order valence-electron chi connectivity index (χ3n) is 7.32. The number of alkyl halides is 3. The fourth-order valence-corrected chi connectivity index (χ4v) is 4.79. The number of aryl methyl sites for hydroxylation is 1. The van der Waals surface area contributed by atoms with Crippen LogP contribution in [0.3, 0.4) is 0 Å². The quantitative estimate of drug-likeness (QED) is 0.311. The first kappa shape index (κ1) is 30.0. The Labute approximate surface area is 244 Å². The second-order valence-electron chi connectivity index (χ2n) is 10.6. The van der Waals surface area contributed by atoms with Crippen LogP contribution in [0, 0.1) is 12.7 Å². The molecule has 1 aliphatic rings. The molecule has 1 fully saturated rings. The summed E-state index contributed by atoms with van der Waals surface area (Å²) in [6.07, 6.45) is -1.53.